The van der Waals surface area contributed by atoms with Crippen molar-refractivity contribution in [2.24, 2.45) is 16.3 Å². The summed E-state index contributed by atoms with van der Waals surface area (Å²) >= 11 is 0. The average molecular weight is 371 g/mol. The second-order valence-corrected chi connectivity index (χ2v) is 8.01. The molecular formula is C20H42N4O2. The molecule has 0 aromatic carbocycles. The lowest BCUT2D eigenvalue weighted by molar-refractivity contribution is -0.127. The summed E-state index contributed by atoms with van der Waals surface area (Å²) in [6.07, 6.45) is 5.82. The monoisotopic (exact) mass is 370 g/mol. The molecule has 0 aliphatic carbocycles. The first-order chi connectivity index (χ1) is 12.3. The highest BCUT2D eigenvalue weighted by Crippen LogP contribution is 2.18. The van der Waals surface area contributed by atoms with Crippen LogP contribution < -0.4 is 10.6 Å². The molecule has 1 amide bonds. The van der Waals surface area contributed by atoms with E-state index in [2.05, 4.69) is 43.3 Å². The van der Waals surface area contributed by atoms with Gasteiger partial charge in [0.2, 0.25) is 5.91 Å². The average Bonchev–Trinajstić information content (AvgIpc) is 2.61. The Hall–Kier alpha value is -1.30. The Morgan fingerprint density at radius 2 is 1.92 bits per heavy atom. The van der Waals surface area contributed by atoms with E-state index in [-0.39, 0.29) is 17.9 Å². The zero-order chi connectivity index (χ0) is 20.0. The van der Waals surface area contributed by atoms with Crippen LogP contribution in [-0.4, -0.2) is 64.2 Å². The van der Waals surface area contributed by atoms with Crippen molar-refractivity contribution in [3.05, 3.63) is 0 Å². The fraction of sp³-hybridized carbons (Fsp3) is 0.900. The summed E-state index contributed by atoms with van der Waals surface area (Å²) < 4.78 is 5.20. The zero-order valence-corrected chi connectivity index (χ0v) is 18.2. The Morgan fingerprint density at radius 1 is 1.23 bits per heavy atom. The second-order valence-electron chi connectivity index (χ2n) is 8.01. The minimum absolute atomic E-state index is 0.00256. The van der Waals surface area contributed by atoms with Crippen LogP contribution in [0, 0.1) is 11.3 Å². The van der Waals surface area contributed by atoms with E-state index in [1.807, 2.05) is 0 Å². The van der Waals surface area contributed by atoms with Gasteiger partial charge in [0.1, 0.15) is 6.54 Å². The topological polar surface area (TPSA) is 66.0 Å². The van der Waals surface area contributed by atoms with Gasteiger partial charge in [-0.2, -0.15) is 0 Å². The number of guanidine groups is 1. The van der Waals surface area contributed by atoms with Crippen molar-refractivity contribution in [1.82, 2.24) is 15.5 Å². The maximum atomic E-state index is 11.9. The van der Waals surface area contributed by atoms with Gasteiger partial charge < -0.3 is 20.3 Å². The first kappa shape index (κ1) is 24.7. The first-order valence-corrected chi connectivity index (χ1v) is 9.97. The molecule has 0 fully saturated rings. The molecule has 0 aromatic rings. The van der Waals surface area contributed by atoms with Crippen molar-refractivity contribution >= 4 is 11.9 Å². The van der Waals surface area contributed by atoms with Crippen molar-refractivity contribution in [3.8, 4) is 0 Å². The number of unbranched alkanes of at least 4 members (excludes halogenated alkanes) is 1. The number of rotatable bonds is 13. The molecule has 1 unspecified atom stereocenters. The van der Waals surface area contributed by atoms with Gasteiger partial charge in [0.15, 0.2) is 5.96 Å². The number of hydrogen-bond donors (Lipinski definition) is 2. The third-order valence-electron chi connectivity index (χ3n) is 4.69. The van der Waals surface area contributed by atoms with Crippen LogP contribution in [-0.2, 0) is 9.53 Å². The van der Waals surface area contributed by atoms with Crippen molar-refractivity contribution in [1.29, 1.82) is 0 Å². The Morgan fingerprint density at radius 3 is 2.46 bits per heavy atom. The van der Waals surface area contributed by atoms with Gasteiger partial charge in [-0.25, -0.2) is 4.99 Å². The summed E-state index contributed by atoms with van der Waals surface area (Å²) in [6.45, 7) is 11.4. The molecule has 1 atom stereocenters. The number of carbonyl (C=O) groups excluding carboxylic acids is 1. The molecule has 0 heterocycles. The van der Waals surface area contributed by atoms with Crippen LogP contribution in [0.25, 0.3) is 0 Å². The molecule has 0 saturated heterocycles. The number of hydrogen-bond acceptors (Lipinski definition) is 3. The number of nitrogens with one attached hydrogen (secondary N) is 2. The van der Waals surface area contributed by atoms with Crippen molar-refractivity contribution in [2.45, 2.75) is 59.8 Å². The van der Waals surface area contributed by atoms with Crippen LogP contribution in [0.1, 0.15) is 59.8 Å². The highest BCUT2D eigenvalue weighted by atomic mass is 16.5. The number of methoxy groups -OCH3 is 1. The molecular weight excluding hydrogens is 328 g/mol. The third-order valence-corrected chi connectivity index (χ3v) is 4.69. The van der Waals surface area contributed by atoms with Crippen molar-refractivity contribution in [2.75, 3.05) is 47.4 Å². The van der Waals surface area contributed by atoms with Crippen LogP contribution in [0.5, 0.6) is 0 Å². The molecule has 2 N–H and O–H groups in total. The van der Waals surface area contributed by atoms with Gasteiger partial charge in [-0.05, 0) is 24.2 Å². The van der Waals surface area contributed by atoms with Gasteiger partial charge >= 0.3 is 0 Å². The largest absolute Gasteiger partial charge is 0.385 e. The second kappa shape index (κ2) is 13.8. The van der Waals surface area contributed by atoms with E-state index in [0.29, 0.717) is 5.92 Å². The number of carbonyl (C=O) groups is 1. The summed E-state index contributed by atoms with van der Waals surface area (Å²) in [6, 6.07) is 0. The molecule has 0 aromatic heterocycles. The fourth-order valence-corrected chi connectivity index (χ4v) is 2.44. The predicted molar refractivity (Wildman–Crippen MR) is 111 cm³/mol. The SMILES string of the molecule is CCCCC(CC)CNC(=NCC(=O)N(C)C)NCC(C)(C)CCOC. The van der Waals surface area contributed by atoms with Crippen LogP contribution in [0.15, 0.2) is 4.99 Å². The molecule has 0 aliphatic heterocycles. The van der Waals surface area contributed by atoms with Gasteiger partial charge in [0.25, 0.3) is 0 Å². The highest BCUT2D eigenvalue weighted by Gasteiger charge is 2.18. The minimum atomic E-state index is 0.00256. The lowest BCUT2D eigenvalue weighted by Gasteiger charge is -2.26. The van der Waals surface area contributed by atoms with Gasteiger partial charge in [-0.3, -0.25) is 4.79 Å². The lowest BCUT2D eigenvalue weighted by atomic mass is 9.90. The predicted octanol–water partition coefficient (Wildman–Crippen LogP) is 2.89. The molecule has 0 aliphatic rings. The van der Waals surface area contributed by atoms with Crippen LogP contribution >= 0.6 is 0 Å². The molecule has 0 radical (unpaired) electrons. The molecule has 0 bridgehead atoms. The smallest absolute Gasteiger partial charge is 0.243 e. The number of amides is 1. The molecule has 6 nitrogen and oxygen atoms in total. The quantitative estimate of drug-likeness (QED) is 0.386. The Labute approximate surface area is 161 Å². The van der Waals surface area contributed by atoms with E-state index in [0.717, 1.165) is 38.5 Å². The van der Waals surface area contributed by atoms with E-state index >= 15 is 0 Å². The van der Waals surface area contributed by atoms with Crippen molar-refractivity contribution < 1.29 is 9.53 Å². The van der Waals surface area contributed by atoms with Gasteiger partial charge in [-0.15, -0.1) is 0 Å². The summed E-state index contributed by atoms with van der Waals surface area (Å²) in [5.41, 5.74) is 0.0936. The van der Waals surface area contributed by atoms with Gasteiger partial charge in [0.05, 0.1) is 0 Å². The van der Waals surface area contributed by atoms with Crippen LogP contribution in [0.4, 0.5) is 0 Å². The number of aliphatic imine (C=N–C) groups is 1. The van der Waals surface area contributed by atoms with E-state index in [1.54, 1.807) is 26.1 Å². The molecule has 26 heavy (non-hydrogen) atoms. The summed E-state index contributed by atoms with van der Waals surface area (Å²) in [5, 5.41) is 6.85. The molecule has 6 heteroatoms. The fourth-order valence-electron chi connectivity index (χ4n) is 2.44. The van der Waals surface area contributed by atoms with Crippen LogP contribution in [0.3, 0.4) is 0 Å². The summed E-state index contributed by atoms with van der Waals surface area (Å²) in [5.74, 6) is 1.36. The Bertz CT molecular complexity index is 409. The van der Waals surface area contributed by atoms with E-state index in [4.69, 9.17) is 4.74 Å². The molecule has 0 spiro atoms. The molecule has 154 valence electrons. The Kier molecular flexibility index (Phi) is 13.2. The van der Waals surface area contributed by atoms with E-state index < -0.39 is 0 Å². The first-order valence-electron chi connectivity index (χ1n) is 9.97. The zero-order valence-electron chi connectivity index (χ0n) is 18.2. The van der Waals surface area contributed by atoms with Crippen LogP contribution in [0.2, 0.25) is 0 Å². The normalized spacial score (nSPS) is 13.4. The van der Waals surface area contributed by atoms with Gasteiger partial charge in [-0.1, -0.05) is 47.0 Å². The van der Waals surface area contributed by atoms with Gasteiger partial charge in [0, 0.05) is 40.9 Å². The molecule has 0 saturated carbocycles. The molecule has 0 rings (SSSR count). The number of nitrogens with zero attached hydrogens (tertiary/aromatic N) is 2. The standard InChI is InChI=1S/C20H42N4O2/c1-8-10-11-17(9-2)14-21-19(22-15-18(25)24(5)6)23-16-20(3,4)12-13-26-7/h17H,8-16H2,1-7H3,(H2,21,22,23). The maximum absolute atomic E-state index is 11.9. The number of ether oxygens (including phenoxy) is 1. The summed E-state index contributed by atoms with van der Waals surface area (Å²) in [7, 11) is 5.24. The third kappa shape index (κ3) is 12.1. The minimum Gasteiger partial charge on any atom is -0.385 e. The lowest BCUT2D eigenvalue weighted by Crippen LogP contribution is -2.44. The maximum Gasteiger partial charge on any atom is 0.243 e. The number of likely N-dealkylation sites (N-methyl/N-ethyl adjacent to an activating group) is 1. The highest BCUT2D eigenvalue weighted by molar-refractivity contribution is 5.84. The Balaban J connectivity index is 4.78. The van der Waals surface area contributed by atoms with E-state index in [1.165, 1.54) is 19.3 Å². The summed E-state index contributed by atoms with van der Waals surface area (Å²) in [4.78, 5) is 17.9. The van der Waals surface area contributed by atoms with E-state index in [9.17, 15) is 4.79 Å². The van der Waals surface area contributed by atoms with Crippen molar-refractivity contribution in [3.63, 3.8) is 0 Å².